The highest BCUT2D eigenvalue weighted by atomic mass is 16.1. The molecule has 0 atom stereocenters. The van der Waals surface area contributed by atoms with Gasteiger partial charge in [0.15, 0.2) is 0 Å². The van der Waals surface area contributed by atoms with Crippen LogP contribution < -0.4 is 16.4 Å². The van der Waals surface area contributed by atoms with Gasteiger partial charge in [0.25, 0.3) is 5.91 Å². The number of piperidine rings is 1. The van der Waals surface area contributed by atoms with E-state index in [0.717, 1.165) is 31.6 Å². The molecule has 1 fully saturated rings. The summed E-state index contributed by atoms with van der Waals surface area (Å²) in [5.41, 5.74) is 8.43. The summed E-state index contributed by atoms with van der Waals surface area (Å²) >= 11 is 0. The molecule has 85 valence electrons. The van der Waals surface area contributed by atoms with Gasteiger partial charge < -0.3 is 10.6 Å². The monoisotopic (exact) mass is 218 g/mol. The maximum Gasteiger partial charge on any atom is 0.271 e. The Morgan fingerprint density at radius 3 is 2.69 bits per heavy atom. The van der Waals surface area contributed by atoms with Gasteiger partial charge in [0, 0.05) is 11.7 Å². The van der Waals surface area contributed by atoms with Gasteiger partial charge in [0.05, 0.1) is 5.56 Å². The SMILES string of the molecule is [NH]C(=O)c1ccccc1NC1CCNCC1. The molecular weight excluding hydrogens is 202 g/mol. The van der Waals surface area contributed by atoms with Crippen LogP contribution >= 0.6 is 0 Å². The number of anilines is 1. The molecule has 16 heavy (non-hydrogen) atoms. The number of hydrogen-bond acceptors (Lipinski definition) is 3. The molecule has 0 aliphatic carbocycles. The van der Waals surface area contributed by atoms with E-state index in [9.17, 15) is 4.79 Å². The molecule has 0 unspecified atom stereocenters. The average Bonchev–Trinajstić information content (AvgIpc) is 2.31. The van der Waals surface area contributed by atoms with Gasteiger partial charge in [0.2, 0.25) is 0 Å². The van der Waals surface area contributed by atoms with E-state index >= 15 is 0 Å². The Labute approximate surface area is 95.2 Å². The van der Waals surface area contributed by atoms with Crippen LogP contribution in [0.2, 0.25) is 0 Å². The third kappa shape index (κ3) is 2.52. The van der Waals surface area contributed by atoms with Gasteiger partial charge in [-0.25, -0.2) is 0 Å². The number of carbonyl (C=O) groups is 1. The molecule has 1 amide bonds. The number of amides is 1. The van der Waals surface area contributed by atoms with Crippen LogP contribution in [-0.4, -0.2) is 25.0 Å². The summed E-state index contributed by atoms with van der Waals surface area (Å²) < 4.78 is 0. The van der Waals surface area contributed by atoms with Crippen LogP contribution in [0.5, 0.6) is 0 Å². The maximum absolute atomic E-state index is 11.1. The van der Waals surface area contributed by atoms with Crippen molar-refractivity contribution in [2.45, 2.75) is 18.9 Å². The van der Waals surface area contributed by atoms with Crippen molar-refractivity contribution in [1.29, 1.82) is 0 Å². The summed E-state index contributed by atoms with van der Waals surface area (Å²) in [4.78, 5) is 11.1. The van der Waals surface area contributed by atoms with Crippen LogP contribution in [0, 0.1) is 0 Å². The van der Waals surface area contributed by atoms with Gasteiger partial charge in [-0.05, 0) is 38.1 Å². The Balaban J connectivity index is 2.10. The fourth-order valence-corrected chi connectivity index (χ4v) is 1.99. The van der Waals surface area contributed by atoms with Crippen molar-refractivity contribution in [2.24, 2.45) is 0 Å². The third-order valence-electron chi connectivity index (χ3n) is 2.87. The van der Waals surface area contributed by atoms with E-state index in [1.807, 2.05) is 12.1 Å². The molecule has 0 bridgehead atoms. The van der Waals surface area contributed by atoms with Crippen molar-refractivity contribution < 1.29 is 4.79 Å². The molecule has 4 heteroatoms. The summed E-state index contributed by atoms with van der Waals surface area (Å²) in [6.07, 6.45) is 2.11. The predicted molar refractivity (Wildman–Crippen MR) is 63.4 cm³/mol. The lowest BCUT2D eigenvalue weighted by molar-refractivity contribution is 0.0993. The molecule has 1 aromatic rings. The lowest BCUT2D eigenvalue weighted by Crippen LogP contribution is -2.35. The molecule has 1 aliphatic heterocycles. The van der Waals surface area contributed by atoms with Crippen LogP contribution in [0.15, 0.2) is 24.3 Å². The summed E-state index contributed by atoms with van der Waals surface area (Å²) in [5.74, 6) is -0.628. The second kappa shape index (κ2) is 4.99. The smallest absolute Gasteiger partial charge is 0.271 e. The first-order valence-electron chi connectivity index (χ1n) is 5.59. The zero-order valence-electron chi connectivity index (χ0n) is 9.12. The van der Waals surface area contributed by atoms with E-state index in [1.54, 1.807) is 12.1 Å². The Kier molecular flexibility index (Phi) is 3.41. The molecule has 1 aliphatic rings. The molecule has 0 spiro atoms. The maximum atomic E-state index is 11.1. The fraction of sp³-hybridized carbons (Fsp3) is 0.417. The second-order valence-corrected chi connectivity index (χ2v) is 4.04. The van der Waals surface area contributed by atoms with E-state index in [1.165, 1.54) is 0 Å². The highest BCUT2D eigenvalue weighted by molar-refractivity contribution is 5.97. The number of benzene rings is 1. The first kappa shape index (κ1) is 11.0. The molecule has 0 aromatic heterocycles. The Hall–Kier alpha value is -1.55. The lowest BCUT2D eigenvalue weighted by atomic mass is 10.1. The minimum Gasteiger partial charge on any atom is -0.382 e. The fourth-order valence-electron chi connectivity index (χ4n) is 1.99. The number of carbonyl (C=O) groups excluding carboxylic acids is 1. The summed E-state index contributed by atoms with van der Waals surface area (Å²) in [7, 11) is 0. The first-order valence-corrected chi connectivity index (χ1v) is 5.59. The van der Waals surface area contributed by atoms with E-state index in [-0.39, 0.29) is 0 Å². The van der Waals surface area contributed by atoms with Gasteiger partial charge in [0.1, 0.15) is 0 Å². The molecule has 4 nitrogen and oxygen atoms in total. The Morgan fingerprint density at radius 1 is 1.31 bits per heavy atom. The van der Waals surface area contributed by atoms with Crippen molar-refractivity contribution in [1.82, 2.24) is 11.1 Å². The van der Waals surface area contributed by atoms with E-state index in [2.05, 4.69) is 10.6 Å². The van der Waals surface area contributed by atoms with Crippen molar-refractivity contribution in [2.75, 3.05) is 18.4 Å². The standard InChI is InChI=1S/C12H16N3O/c13-12(16)10-3-1-2-4-11(10)15-9-5-7-14-8-6-9/h1-4,9,13-15H,5-8H2. The van der Waals surface area contributed by atoms with Gasteiger partial charge in [-0.3, -0.25) is 10.5 Å². The molecule has 1 aromatic carbocycles. The summed E-state index contributed by atoms with van der Waals surface area (Å²) in [5, 5.41) is 6.64. The minimum absolute atomic E-state index is 0.404. The van der Waals surface area contributed by atoms with Gasteiger partial charge in [-0.15, -0.1) is 0 Å². The summed E-state index contributed by atoms with van der Waals surface area (Å²) in [6, 6.07) is 7.63. The van der Waals surface area contributed by atoms with E-state index in [4.69, 9.17) is 5.73 Å². The Morgan fingerprint density at radius 2 is 2.00 bits per heavy atom. The number of hydrogen-bond donors (Lipinski definition) is 2. The molecule has 1 radical (unpaired) electrons. The lowest BCUT2D eigenvalue weighted by Gasteiger charge is -2.25. The van der Waals surface area contributed by atoms with Crippen molar-refractivity contribution in [3.8, 4) is 0 Å². The molecule has 1 saturated heterocycles. The van der Waals surface area contributed by atoms with Crippen LogP contribution in [0.3, 0.4) is 0 Å². The Bertz CT molecular complexity index is 372. The van der Waals surface area contributed by atoms with Crippen LogP contribution in [0.1, 0.15) is 23.2 Å². The van der Waals surface area contributed by atoms with Crippen LogP contribution in [-0.2, 0) is 0 Å². The van der Waals surface area contributed by atoms with E-state index < -0.39 is 5.91 Å². The topological polar surface area (TPSA) is 64.9 Å². The quantitative estimate of drug-likeness (QED) is 0.803. The average molecular weight is 218 g/mol. The normalized spacial score (nSPS) is 17.0. The first-order chi connectivity index (χ1) is 7.77. The second-order valence-electron chi connectivity index (χ2n) is 4.04. The summed E-state index contributed by atoms with van der Waals surface area (Å²) in [6.45, 7) is 2.02. The molecule has 3 N–H and O–H groups in total. The van der Waals surface area contributed by atoms with Crippen molar-refractivity contribution >= 4 is 11.6 Å². The van der Waals surface area contributed by atoms with Gasteiger partial charge in [-0.2, -0.15) is 0 Å². The van der Waals surface area contributed by atoms with Gasteiger partial charge in [-0.1, -0.05) is 12.1 Å². The molecular formula is C12H16N3O. The number of rotatable bonds is 3. The number of para-hydroxylation sites is 1. The van der Waals surface area contributed by atoms with E-state index in [0.29, 0.717) is 11.6 Å². The zero-order chi connectivity index (χ0) is 11.4. The highest BCUT2D eigenvalue weighted by Crippen LogP contribution is 2.18. The number of nitrogens with one attached hydrogen (secondary N) is 3. The molecule has 0 saturated carbocycles. The zero-order valence-corrected chi connectivity index (χ0v) is 9.12. The highest BCUT2D eigenvalue weighted by Gasteiger charge is 2.15. The minimum atomic E-state index is -0.628. The molecule has 2 rings (SSSR count). The largest absolute Gasteiger partial charge is 0.382 e. The third-order valence-corrected chi connectivity index (χ3v) is 2.87. The van der Waals surface area contributed by atoms with Crippen LogP contribution in [0.4, 0.5) is 5.69 Å². The van der Waals surface area contributed by atoms with Gasteiger partial charge >= 0.3 is 0 Å². The van der Waals surface area contributed by atoms with Crippen molar-refractivity contribution in [3.63, 3.8) is 0 Å². The van der Waals surface area contributed by atoms with Crippen LogP contribution in [0.25, 0.3) is 0 Å². The predicted octanol–water partition coefficient (Wildman–Crippen LogP) is 1.27. The van der Waals surface area contributed by atoms with Crippen molar-refractivity contribution in [3.05, 3.63) is 29.8 Å². The molecule has 1 heterocycles.